The first kappa shape index (κ1) is 20.2. The van der Waals surface area contributed by atoms with E-state index in [-0.39, 0.29) is 35.3 Å². The van der Waals surface area contributed by atoms with Gasteiger partial charge in [-0.3, -0.25) is 19.6 Å². The number of nitrogens with zero attached hydrogens (tertiary/aromatic N) is 3. The second-order valence-corrected chi connectivity index (χ2v) is 6.03. The van der Waals surface area contributed by atoms with Gasteiger partial charge in [0, 0.05) is 12.1 Å². The Labute approximate surface area is 158 Å². The topological polar surface area (TPSA) is 137 Å². The molecule has 1 amide bonds. The van der Waals surface area contributed by atoms with Crippen LogP contribution in [-0.2, 0) is 16.1 Å². The number of anilines is 1. The second-order valence-electron chi connectivity index (χ2n) is 5.63. The highest BCUT2D eigenvalue weighted by molar-refractivity contribution is 6.32. The third-order valence-corrected chi connectivity index (χ3v) is 3.94. The Morgan fingerprint density at radius 2 is 2.11 bits per heavy atom. The molecule has 1 heterocycles. The van der Waals surface area contributed by atoms with E-state index in [9.17, 15) is 19.7 Å². The maximum absolute atomic E-state index is 12.1. The Balaban J connectivity index is 1.96. The lowest BCUT2D eigenvalue weighted by Gasteiger charge is -2.09. The third kappa shape index (κ3) is 5.17. The first-order valence-electron chi connectivity index (χ1n) is 7.81. The first-order chi connectivity index (χ1) is 12.7. The van der Waals surface area contributed by atoms with Gasteiger partial charge in [0.2, 0.25) is 5.91 Å². The molecule has 2 rings (SSSR count). The van der Waals surface area contributed by atoms with Crippen molar-refractivity contribution in [1.29, 1.82) is 0 Å². The number of carboxylic acid groups (broad SMARTS) is 1. The van der Waals surface area contributed by atoms with Crippen molar-refractivity contribution < 1.29 is 24.4 Å². The molecule has 0 radical (unpaired) electrons. The smallest absolute Gasteiger partial charge is 0.341 e. The largest absolute Gasteiger partial charge is 0.480 e. The molecule has 0 bridgehead atoms. The molecule has 2 aromatic rings. The van der Waals surface area contributed by atoms with Crippen molar-refractivity contribution in [2.75, 3.05) is 11.9 Å². The minimum absolute atomic E-state index is 0.0496. The van der Waals surface area contributed by atoms with Gasteiger partial charge in [-0.2, -0.15) is 5.10 Å². The Morgan fingerprint density at radius 3 is 2.67 bits per heavy atom. The summed E-state index contributed by atoms with van der Waals surface area (Å²) in [6.07, 6.45) is 0.0496. The van der Waals surface area contributed by atoms with Crippen molar-refractivity contribution in [3.8, 4) is 5.75 Å². The highest BCUT2D eigenvalue weighted by Crippen LogP contribution is 2.28. The number of carbonyl (C=O) groups is 2. The first-order valence-corrected chi connectivity index (χ1v) is 8.19. The Hall–Kier alpha value is -3.14. The van der Waals surface area contributed by atoms with Crippen LogP contribution in [0.1, 0.15) is 17.8 Å². The van der Waals surface area contributed by atoms with Crippen molar-refractivity contribution in [3.05, 3.63) is 44.7 Å². The van der Waals surface area contributed by atoms with Crippen LogP contribution in [0.25, 0.3) is 0 Å². The van der Waals surface area contributed by atoms with E-state index in [1.807, 2.05) is 0 Å². The van der Waals surface area contributed by atoms with Gasteiger partial charge in [-0.1, -0.05) is 11.6 Å². The van der Waals surface area contributed by atoms with E-state index in [1.165, 1.54) is 29.8 Å². The number of benzene rings is 1. The van der Waals surface area contributed by atoms with Crippen LogP contribution in [-0.4, -0.2) is 38.3 Å². The number of hydrogen-bond donors (Lipinski definition) is 2. The van der Waals surface area contributed by atoms with Gasteiger partial charge in [0.05, 0.1) is 16.5 Å². The lowest BCUT2D eigenvalue weighted by molar-refractivity contribution is -0.386. The number of halogens is 1. The van der Waals surface area contributed by atoms with E-state index >= 15 is 0 Å². The van der Waals surface area contributed by atoms with Crippen molar-refractivity contribution >= 4 is 34.9 Å². The van der Waals surface area contributed by atoms with Crippen LogP contribution < -0.4 is 10.1 Å². The molecule has 11 heteroatoms. The highest BCUT2D eigenvalue weighted by Gasteiger charge is 2.21. The maximum Gasteiger partial charge on any atom is 0.341 e. The van der Waals surface area contributed by atoms with Gasteiger partial charge in [0.15, 0.2) is 6.61 Å². The zero-order valence-electron chi connectivity index (χ0n) is 14.6. The molecule has 0 aliphatic carbocycles. The molecule has 0 unspecified atom stereocenters. The van der Waals surface area contributed by atoms with E-state index in [4.69, 9.17) is 21.4 Å². The summed E-state index contributed by atoms with van der Waals surface area (Å²) in [5, 5.41) is 26.5. The maximum atomic E-state index is 12.1. The second kappa shape index (κ2) is 8.49. The number of carbonyl (C=O) groups excluding carboxylic acids is 1. The van der Waals surface area contributed by atoms with E-state index < -0.39 is 17.5 Å². The lowest BCUT2D eigenvalue weighted by atomic mass is 10.3. The minimum Gasteiger partial charge on any atom is -0.480 e. The summed E-state index contributed by atoms with van der Waals surface area (Å²) in [6.45, 7) is 2.77. The Kier molecular flexibility index (Phi) is 6.35. The Morgan fingerprint density at radius 1 is 1.41 bits per heavy atom. The van der Waals surface area contributed by atoms with Gasteiger partial charge in [-0.15, -0.1) is 0 Å². The standard InChI is InChI=1S/C16H17ClN4O6/c1-9-16(21(25)26)10(2)20(19-9)6-5-14(22)18-11-3-4-13(12(17)7-11)27-8-15(23)24/h3-4,7H,5-6,8H2,1-2H3,(H,18,22)(H,23,24). The molecule has 0 saturated carbocycles. The number of aryl methyl sites for hydroxylation is 2. The third-order valence-electron chi connectivity index (χ3n) is 3.64. The number of hydrogen-bond acceptors (Lipinski definition) is 6. The number of carboxylic acids is 1. The molecular formula is C16H17ClN4O6. The molecule has 0 saturated heterocycles. The average molecular weight is 397 g/mol. The van der Waals surface area contributed by atoms with Crippen molar-refractivity contribution in [1.82, 2.24) is 9.78 Å². The van der Waals surface area contributed by atoms with Crippen LogP contribution in [0, 0.1) is 24.0 Å². The monoisotopic (exact) mass is 396 g/mol. The number of aromatic nitrogens is 2. The summed E-state index contributed by atoms with van der Waals surface area (Å²) < 4.78 is 6.42. The van der Waals surface area contributed by atoms with Crippen LogP contribution in [0.15, 0.2) is 18.2 Å². The fraction of sp³-hybridized carbons (Fsp3) is 0.312. The molecule has 0 aliphatic rings. The fourth-order valence-electron chi connectivity index (χ4n) is 2.44. The number of nitro groups is 1. The minimum atomic E-state index is -1.13. The molecule has 27 heavy (non-hydrogen) atoms. The molecule has 1 aromatic carbocycles. The summed E-state index contributed by atoms with van der Waals surface area (Å²) >= 11 is 5.99. The SMILES string of the molecule is Cc1nn(CCC(=O)Nc2ccc(OCC(=O)O)c(Cl)c2)c(C)c1[N+](=O)[O-]. The molecule has 0 aliphatic heterocycles. The quantitative estimate of drug-likeness (QED) is 0.516. The summed E-state index contributed by atoms with van der Waals surface area (Å²) in [4.78, 5) is 33.1. The lowest BCUT2D eigenvalue weighted by Crippen LogP contribution is -2.16. The van der Waals surface area contributed by atoms with Gasteiger partial charge in [0.1, 0.15) is 17.1 Å². The van der Waals surface area contributed by atoms with Crippen molar-refractivity contribution in [2.24, 2.45) is 0 Å². The van der Waals surface area contributed by atoms with Gasteiger partial charge in [-0.25, -0.2) is 4.79 Å². The summed E-state index contributed by atoms with van der Waals surface area (Å²) in [5.41, 5.74) is 1.03. The molecule has 0 spiro atoms. The summed E-state index contributed by atoms with van der Waals surface area (Å²) in [7, 11) is 0. The number of aliphatic carboxylic acids is 1. The van der Waals surface area contributed by atoms with E-state index in [2.05, 4.69) is 10.4 Å². The number of ether oxygens (including phenoxy) is 1. The predicted octanol–water partition coefficient (Wildman–Crippen LogP) is 2.55. The zero-order valence-corrected chi connectivity index (χ0v) is 15.3. The van der Waals surface area contributed by atoms with Gasteiger partial charge in [-0.05, 0) is 32.0 Å². The number of rotatable bonds is 8. The zero-order chi connectivity index (χ0) is 20.1. The average Bonchev–Trinajstić information content (AvgIpc) is 2.86. The van der Waals surface area contributed by atoms with Gasteiger partial charge >= 0.3 is 11.7 Å². The van der Waals surface area contributed by atoms with Crippen LogP contribution in [0.3, 0.4) is 0 Å². The molecule has 2 N–H and O–H groups in total. The molecule has 1 aromatic heterocycles. The van der Waals surface area contributed by atoms with Gasteiger partial charge < -0.3 is 15.2 Å². The number of amides is 1. The van der Waals surface area contributed by atoms with Crippen molar-refractivity contribution in [3.63, 3.8) is 0 Å². The summed E-state index contributed by atoms with van der Waals surface area (Å²) in [6, 6.07) is 4.41. The highest BCUT2D eigenvalue weighted by atomic mass is 35.5. The van der Waals surface area contributed by atoms with E-state index in [0.717, 1.165) is 0 Å². The van der Waals surface area contributed by atoms with Crippen LogP contribution in [0.5, 0.6) is 5.75 Å². The summed E-state index contributed by atoms with van der Waals surface area (Å²) in [5.74, 6) is -1.28. The Bertz CT molecular complexity index is 895. The molecule has 0 atom stereocenters. The predicted molar refractivity (Wildman–Crippen MR) is 96.2 cm³/mol. The molecule has 10 nitrogen and oxygen atoms in total. The van der Waals surface area contributed by atoms with E-state index in [1.54, 1.807) is 6.92 Å². The van der Waals surface area contributed by atoms with Gasteiger partial charge in [0.25, 0.3) is 0 Å². The van der Waals surface area contributed by atoms with E-state index in [0.29, 0.717) is 17.1 Å². The molecule has 144 valence electrons. The van der Waals surface area contributed by atoms with Crippen molar-refractivity contribution in [2.45, 2.75) is 26.8 Å². The number of nitrogens with one attached hydrogen (secondary N) is 1. The molecule has 0 fully saturated rings. The van der Waals surface area contributed by atoms with Crippen LogP contribution in [0.2, 0.25) is 5.02 Å². The fourth-order valence-corrected chi connectivity index (χ4v) is 2.67. The van der Waals surface area contributed by atoms with Crippen LogP contribution >= 0.6 is 11.6 Å². The normalized spacial score (nSPS) is 10.5. The molecular weight excluding hydrogens is 380 g/mol. The van der Waals surface area contributed by atoms with Crippen LogP contribution in [0.4, 0.5) is 11.4 Å².